The first-order chi connectivity index (χ1) is 20.2. The Balaban J connectivity index is 1.29. The molecule has 222 valence electrons. The van der Waals surface area contributed by atoms with Crippen LogP contribution in [0.1, 0.15) is 52.9 Å². The molecule has 14 heteroatoms. The highest BCUT2D eigenvalue weighted by molar-refractivity contribution is 7.89. The minimum atomic E-state index is -4.09. The first-order valence-corrected chi connectivity index (χ1v) is 15.4. The van der Waals surface area contributed by atoms with E-state index in [0.29, 0.717) is 25.0 Å². The van der Waals surface area contributed by atoms with Crippen LogP contribution in [0, 0.1) is 6.92 Å². The lowest BCUT2D eigenvalue weighted by Crippen LogP contribution is -2.38. The molecular formula is C28H30N4O8S2. The van der Waals surface area contributed by atoms with Crippen molar-refractivity contribution in [1.29, 1.82) is 0 Å². The molecule has 3 aromatic rings. The van der Waals surface area contributed by atoms with Gasteiger partial charge >= 0.3 is 12.1 Å². The molecule has 0 radical (unpaired) electrons. The van der Waals surface area contributed by atoms with Crippen LogP contribution in [-0.2, 0) is 29.0 Å². The van der Waals surface area contributed by atoms with Gasteiger partial charge in [-0.2, -0.15) is 0 Å². The molecule has 0 aliphatic carbocycles. The van der Waals surface area contributed by atoms with E-state index in [2.05, 4.69) is 15.3 Å². The van der Waals surface area contributed by atoms with E-state index < -0.39 is 28.1 Å². The molecular weight excluding hydrogens is 584 g/mol. The summed E-state index contributed by atoms with van der Waals surface area (Å²) in [6.07, 6.45) is 7.22. The van der Waals surface area contributed by atoms with Crippen LogP contribution < -0.4 is 5.32 Å². The van der Waals surface area contributed by atoms with E-state index in [0.717, 1.165) is 28.4 Å². The van der Waals surface area contributed by atoms with Crippen molar-refractivity contribution in [2.45, 2.75) is 43.9 Å². The van der Waals surface area contributed by atoms with E-state index in [9.17, 15) is 22.8 Å². The smallest absolute Gasteiger partial charge is 0.462 e. The fourth-order valence-corrected chi connectivity index (χ4v) is 6.12. The Bertz CT molecular complexity index is 1570. The summed E-state index contributed by atoms with van der Waals surface area (Å²) >= 11 is 1.21. The van der Waals surface area contributed by atoms with E-state index in [4.69, 9.17) is 14.2 Å². The highest BCUT2D eigenvalue weighted by Gasteiger charge is 2.40. The van der Waals surface area contributed by atoms with Gasteiger partial charge in [0.2, 0.25) is 0 Å². The van der Waals surface area contributed by atoms with Crippen LogP contribution in [0.3, 0.4) is 0 Å². The molecule has 1 amide bonds. The number of benzene rings is 1. The number of hydrogen-bond acceptors (Lipinski definition) is 11. The summed E-state index contributed by atoms with van der Waals surface area (Å²) in [5.74, 6) is -1.45. The summed E-state index contributed by atoms with van der Waals surface area (Å²) < 4.78 is 43.0. The fraction of sp³-hybridized carbons (Fsp3) is 0.321. The van der Waals surface area contributed by atoms with Gasteiger partial charge in [0.1, 0.15) is 0 Å². The van der Waals surface area contributed by atoms with Crippen molar-refractivity contribution in [3.63, 3.8) is 0 Å². The van der Waals surface area contributed by atoms with Crippen LogP contribution in [-0.4, -0.2) is 61.0 Å². The molecule has 0 fully saturated rings. The molecule has 2 aromatic heterocycles. The maximum absolute atomic E-state index is 13.2. The van der Waals surface area contributed by atoms with Gasteiger partial charge in [0.25, 0.3) is 15.9 Å². The number of carbonyl (C=O) groups is 3. The Labute approximate surface area is 247 Å². The quantitative estimate of drug-likeness (QED) is 0.223. The third kappa shape index (κ3) is 7.50. The highest BCUT2D eigenvalue weighted by Crippen LogP contribution is 2.37. The number of amides is 1. The van der Waals surface area contributed by atoms with Crippen molar-refractivity contribution in [3.05, 3.63) is 76.7 Å². The summed E-state index contributed by atoms with van der Waals surface area (Å²) in [6, 6.07) is 9.25. The number of fused-ring (bicyclic) bond motifs is 1. The minimum absolute atomic E-state index is 0.0669. The Kier molecular flexibility index (Phi) is 10.3. The van der Waals surface area contributed by atoms with Crippen LogP contribution in [0.4, 0.5) is 9.93 Å². The second kappa shape index (κ2) is 14.0. The predicted molar refractivity (Wildman–Crippen MR) is 154 cm³/mol. The number of ether oxygens (including phenoxy) is 3. The molecule has 1 aromatic carbocycles. The summed E-state index contributed by atoms with van der Waals surface area (Å²) in [7, 11) is -2.88. The largest absolute Gasteiger partial charge is 0.513 e. The number of carbonyl (C=O) groups excluding carboxylic acids is 3. The van der Waals surface area contributed by atoms with Gasteiger partial charge in [-0.05, 0) is 44.0 Å². The van der Waals surface area contributed by atoms with E-state index in [1.807, 2.05) is 6.92 Å². The molecule has 0 saturated carbocycles. The number of pyridine rings is 1. The predicted octanol–water partition coefficient (Wildman–Crippen LogP) is 4.75. The van der Waals surface area contributed by atoms with Gasteiger partial charge in [-0.15, -0.1) is 11.3 Å². The van der Waals surface area contributed by atoms with Crippen LogP contribution in [0.15, 0.2) is 65.6 Å². The minimum Gasteiger partial charge on any atom is -0.462 e. The number of hydrogen-bond donors (Lipinski definition) is 1. The van der Waals surface area contributed by atoms with Gasteiger partial charge in [-0.25, -0.2) is 23.0 Å². The third-order valence-corrected chi connectivity index (χ3v) is 8.82. The van der Waals surface area contributed by atoms with E-state index in [1.165, 1.54) is 42.8 Å². The van der Waals surface area contributed by atoms with Gasteiger partial charge in [-0.3, -0.25) is 19.4 Å². The second-order valence-corrected chi connectivity index (χ2v) is 12.4. The second-order valence-electron chi connectivity index (χ2n) is 9.22. The van der Waals surface area contributed by atoms with Crippen LogP contribution in [0.5, 0.6) is 0 Å². The number of nitrogens with zero attached hydrogens (tertiary/aromatic N) is 3. The zero-order valence-electron chi connectivity index (χ0n) is 23.1. The van der Waals surface area contributed by atoms with E-state index in [1.54, 1.807) is 30.6 Å². The average molecular weight is 615 g/mol. The monoisotopic (exact) mass is 614 g/mol. The lowest BCUT2D eigenvalue weighted by Gasteiger charge is -2.29. The van der Waals surface area contributed by atoms with Crippen molar-refractivity contribution in [2.75, 3.05) is 25.6 Å². The summed E-state index contributed by atoms with van der Waals surface area (Å²) in [5, 5.41) is 2.84. The molecule has 1 aliphatic rings. The summed E-state index contributed by atoms with van der Waals surface area (Å²) in [6.45, 7) is 2.18. The maximum Gasteiger partial charge on any atom is 0.513 e. The number of anilines is 1. The van der Waals surface area contributed by atoms with E-state index in [-0.39, 0.29) is 33.7 Å². The molecule has 0 spiro atoms. The third-order valence-electron chi connectivity index (χ3n) is 6.18. The molecule has 4 rings (SSSR count). The highest BCUT2D eigenvalue weighted by atomic mass is 32.2. The molecule has 0 bridgehead atoms. The number of rotatable bonds is 12. The molecule has 0 saturated heterocycles. The molecule has 0 unspecified atom stereocenters. The first kappa shape index (κ1) is 30.7. The van der Waals surface area contributed by atoms with Crippen molar-refractivity contribution >= 4 is 50.3 Å². The number of nitrogens with one attached hydrogen (secondary N) is 1. The lowest BCUT2D eigenvalue weighted by atomic mass is 10.1. The van der Waals surface area contributed by atoms with Gasteiger partial charge in [0.05, 0.1) is 23.7 Å². The van der Waals surface area contributed by atoms with E-state index >= 15 is 0 Å². The Morgan fingerprint density at radius 1 is 0.952 bits per heavy atom. The molecule has 42 heavy (non-hydrogen) atoms. The zero-order valence-corrected chi connectivity index (χ0v) is 24.7. The van der Waals surface area contributed by atoms with Crippen molar-refractivity contribution < 1.29 is 37.0 Å². The fourth-order valence-electron chi connectivity index (χ4n) is 4.07. The number of thiazole rings is 1. The Hall–Kier alpha value is -4.30. The molecule has 3 heterocycles. The number of likely N-dealkylation sites (N-methyl/N-ethyl adjacent to an activating group) is 1. The molecule has 1 N–H and O–H groups in total. The Morgan fingerprint density at radius 3 is 2.36 bits per heavy atom. The summed E-state index contributed by atoms with van der Waals surface area (Å²) in [4.78, 5) is 46.5. The molecule has 12 nitrogen and oxygen atoms in total. The average Bonchev–Trinajstić information content (AvgIpc) is 3.39. The van der Waals surface area contributed by atoms with Crippen molar-refractivity contribution in [2.24, 2.45) is 0 Å². The molecule has 1 aliphatic heterocycles. The number of aromatic nitrogens is 2. The Morgan fingerprint density at radius 2 is 1.67 bits per heavy atom. The standard InChI is InChI=1S/C28H30N4O8S2/c1-19-17-30-27(41-19)31-25(33)23-24(21-12-6-7-13-22(21)42(36,37)32(23)2)40-28(35)39-16-9-5-3-4-8-15-38-26(34)20-11-10-14-29-18-20/h6-7,10-14,17-18H,3-5,8-9,15-16H2,1-2H3,(H,30,31,33). The van der Waals surface area contributed by atoms with Crippen LogP contribution >= 0.6 is 11.3 Å². The van der Waals surface area contributed by atoms with Crippen LogP contribution in [0.2, 0.25) is 0 Å². The van der Waals surface area contributed by atoms with Gasteiger partial charge in [0, 0.05) is 36.1 Å². The molecule has 0 atom stereocenters. The zero-order chi connectivity index (χ0) is 30.1. The SMILES string of the molecule is Cc1cnc(NC(=O)C2=C(OC(=O)OCCCCCCCOC(=O)c3cccnc3)c3ccccc3S(=O)(=O)N2C)s1. The van der Waals surface area contributed by atoms with Crippen molar-refractivity contribution in [3.8, 4) is 0 Å². The lowest BCUT2D eigenvalue weighted by molar-refractivity contribution is -0.113. The first-order valence-electron chi connectivity index (χ1n) is 13.2. The number of esters is 1. The van der Waals surface area contributed by atoms with Gasteiger partial charge < -0.3 is 14.2 Å². The topological polar surface area (TPSA) is 154 Å². The number of aryl methyl sites for hydroxylation is 1. The summed E-state index contributed by atoms with van der Waals surface area (Å²) in [5.41, 5.74) is 0.101. The maximum atomic E-state index is 13.2. The normalized spacial score (nSPS) is 13.7. The number of unbranched alkanes of at least 4 members (excludes halogenated alkanes) is 4. The van der Waals surface area contributed by atoms with Gasteiger partial charge in [-0.1, -0.05) is 31.4 Å². The van der Waals surface area contributed by atoms with Crippen molar-refractivity contribution in [1.82, 2.24) is 14.3 Å². The number of sulfonamides is 1. The van der Waals surface area contributed by atoms with Gasteiger partial charge in [0.15, 0.2) is 16.6 Å². The van der Waals surface area contributed by atoms with Crippen LogP contribution in [0.25, 0.3) is 5.76 Å².